The third kappa shape index (κ3) is 1.39. The van der Waals surface area contributed by atoms with Crippen LogP contribution in [0.3, 0.4) is 0 Å². The second kappa shape index (κ2) is 3.01. The predicted molar refractivity (Wildman–Crippen MR) is 54.0 cm³/mol. The lowest BCUT2D eigenvalue weighted by Gasteiger charge is -2.11. The van der Waals surface area contributed by atoms with Crippen LogP contribution in [0.5, 0.6) is 17.2 Å². The third-order valence-electron chi connectivity index (χ3n) is 3.09. The molecule has 2 aliphatic rings. The molecule has 1 aromatic carbocycles. The SMILES string of the molecule is NC1(Cc2cc3c(c(F)c2O)OCO3)CC1. The third-order valence-corrected chi connectivity index (χ3v) is 3.09. The van der Waals surface area contributed by atoms with Gasteiger partial charge in [0, 0.05) is 11.1 Å². The molecule has 5 heteroatoms. The summed E-state index contributed by atoms with van der Waals surface area (Å²) >= 11 is 0. The molecule has 0 atom stereocenters. The largest absolute Gasteiger partial charge is 0.505 e. The Morgan fingerprint density at radius 3 is 2.88 bits per heavy atom. The van der Waals surface area contributed by atoms with Gasteiger partial charge in [0.05, 0.1) is 0 Å². The van der Waals surface area contributed by atoms with Gasteiger partial charge in [-0.15, -0.1) is 0 Å². The van der Waals surface area contributed by atoms with Crippen LogP contribution in [0.15, 0.2) is 6.07 Å². The van der Waals surface area contributed by atoms with Crippen molar-refractivity contribution in [3.05, 3.63) is 17.4 Å². The lowest BCUT2D eigenvalue weighted by molar-refractivity contribution is 0.170. The van der Waals surface area contributed by atoms with Gasteiger partial charge in [0.25, 0.3) is 0 Å². The summed E-state index contributed by atoms with van der Waals surface area (Å²) in [6, 6.07) is 1.60. The average molecular weight is 225 g/mol. The van der Waals surface area contributed by atoms with Gasteiger partial charge in [-0.05, 0) is 25.3 Å². The number of phenolic OH excluding ortho intramolecular Hbond substituents is 1. The van der Waals surface area contributed by atoms with Crippen molar-refractivity contribution in [3.8, 4) is 17.2 Å². The average Bonchev–Trinajstić information content (AvgIpc) is 2.79. The Morgan fingerprint density at radius 2 is 2.19 bits per heavy atom. The Hall–Kier alpha value is -1.49. The minimum absolute atomic E-state index is 0.0110. The Labute approximate surface area is 91.8 Å². The molecule has 0 aromatic heterocycles. The molecule has 3 N–H and O–H groups in total. The van der Waals surface area contributed by atoms with Crippen LogP contribution in [0.25, 0.3) is 0 Å². The van der Waals surface area contributed by atoms with E-state index in [-0.39, 0.29) is 23.8 Å². The van der Waals surface area contributed by atoms with E-state index in [0.717, 1.165) is 12.8 Å². The number of nitrogens with two attached hydrogens (primary N) is 1. The highest BCUT2D eigenvalue weighted by Crippen LogP contribution is 2.44. The van der Waals surface area contributed by atoms with Crippen LogP contribution in [0.4, 0.5) is 4.39 Å². The van der Waals surface area contributed by atoms with E-state index in [2.05, 4.69) is 0 Å². The van der Waals surface area contributed by atoms with Gasteiger partial charge in [-0.2, -0.15) is 4.39 Å². The van der Waals surface area contributed by atoms with Crippen LogP contribution in [0.2, 0.25) is 0 Å². The molecule has 1 heterocycles. The van der Waals surface area contributed by atoms with E-state index in [4.69, 9.17) is 15.2 Å². The summed E-state index contributed by atoms with van der Waals surface area (Å²) in [4.78, 5) is 0. The van der Waals surface area contributed by atoms with Gasteiger partial charge >= 0.3 is 0 Å². The number of fused-ring (bicyclic) bond motifs is 1. The van der Waals surface area contributed by atoms with Gasteiger partial charge in [-0.25, -0.2) is 0 Å². The monoisotopic (exact) mass is 225 g/mol. The molecule has 1 fully saturated rings. The van der Waals surface area contributed by atoms with Crippen molar-refractivity contribution < 1.29 is 19.0 Å². The van der Waals surface area contributed by atoms with Crippen LogP contribution in [-0.4, -0.2) is 17.4 Å². The summed E-state index contributed by atoms with van der Waals surface area (Å²) < 4.78 is 23.7. The van der Waals surface area contributed by atoms with Crippen molar-refractivity contribution in [3.63, 3.8) is 0 Å². The summed E-state index contributed by atoms with van der Waals surface area (Å²) in [5.41, 5.74) is 6.14. The van der Waals surface area contributed by atoms with E-state index in [1.165, 1.54) is 0 Å². The van der Waals surface area contributed by atoms with Crippen LogP contribution in [0, 0.1) is 5.82 Å². The second-order valence-corrected chi connectivity index (χ2v) is 4.47. The first-order valence-electron chi connectivity index (χ1n) is 5.18. The van der Waals surface area contributed by atoms with Crippen molar-refractivity contribution in [1.82, 2.24) is 0 Å². The summed E-state index contributed by atoms with van der Waals surface area (Å²) in [5, 5.41) is 9.69. The molecular formula is C11H12FNO3. The van der Waals surface area contributed by atoms with Gasteiger partial charge in [0.15, 0.2) is 11.5 Å². The minimum Gasteiger partial charge on any atom is -0.505 e. The first-order chi connectivity index (χ1) is 7.59. The van der Waals surface area contributed by atoms with E-state index in [0.29, 0.717) is 17.7 Å². The van der Waals surface area contributed by atoms with E-state index in [9.17, 15) is 9.50 Å². The lowest BCUT2D eigenvalue weighted by Crippen LogP contribution is -2.24. The first kappa shape index (κ1) is 9.72. The molecule has 0 spiro atoms. The Morgan fingerprint density at radius 1 is 1.44 bits per heavy atom. The van der Waals surface area contributed by atoms with Crippen LogP contribution >= 0.6 is 0 Å². The molecule has 16 heavy (non-hydrogen) atoms. The number of ether oxygens (including phenoxy) is 2. The molecule has 4 nitrogen and oxygen atoms in total. The van der Waals surface area contributed by atoms with E-state index in [1.54, 1.807) is 6.07 Å². The molecular weight excluding hydrogens is 213 g/mol. The normalized spacial score (nSPS) is 19.9. The fourth-order valence-corrected chi connectivity index (χ4v) is 1.89. The molecule has 86 valence electrons. The fraction of sp³-hybridized carbons (Fsp3) is 0.455. The minimum atomic E-state index is -0.755. The maximum Gasteiger partial charge on any atom is 0.231 e. The smallest absolute Gasteiger partial charge is 0.231 e. The molecule has 0 amide bonds. The molecule has 3 rings (SSSR count). The number of halogens is 1. The molecule has 0 bridgehead atoms. The molecule has 1 aliphatic heterocycles. The predicted octanol–water partition coefficient (Wildman–Crippen LogP) is 1.29. The quantitative estimate of drug-likeness (QED) is 0.796. The Kier molecular flexibility index (Phi) is 1.83. The highest BCUT2D eigenvalue weighted by atomic mass is 19.1. The molecule has 0 saturated heterocycles. The maximum atomic E-state index is 13.7. The van der Waals surface area contributed by atoms with Gasteiger partial charge in [-0.1, -0.05) is 0 Å². The van der Waals surface area contributed by atoms with Crippen molar-refractivity contribution in [2.45, 2.75) is 24.8 Å². The highest BCUT2D eigenvalue weighted by molar-refractivity contribution is 5.53. The summed E-state index contributed by atoms with van der Waals surface area (Å²) in [7, 11) is 0. The van der Waals surface area contributed by atoms with Gasteiger partial charge in [0.1, 0.15) is 0 Å². The van der Waals surface area contributed by atoms with Crippen LogP contribution < -0.4 is 15.2 Å². The van der Waals surface area contributed by atoms with Crippen molar-refractivity contribution in [2.24, 2.45) is 5.73 Å². The number of rotatable bonds is 2. The number of hydrogen-bond donors (Lipinski definition) is 2. The molecule has 0 radical (unpaired) electrons. The molecule has 0 unspecified atom stereocenters. The van der Waals surface area contributed by atoms with Gasteiger partial charge in [-0.3, -0.25) is 0 Å². The number of phenols is 1. The van der Waals surface area contributed by atoms with Crippen LogP contribution in [-0.2, 0) is 6.42 Å². The molecule has 1 aromatic rings. The second-order valence-electron chi connectivity index (χ2n) is 4.47. The van der Waals surface area contributed by atoms with Crippen molar-refractivity contribution in [2.75, 3.05) is 6.79 Å². The van der Waals surface area contributed by atoms with E-state index in [1.807, 2.05) is 0 Å². The molecule has 1 aliphatic carbocycles. The number of aromatic hydroxyl groups is 1. The van der Waals surface area contributed by atoms with Gasteiger partial charge < -0.3 is 20.3 Å². The summed E-state index contributed by atoms with van der Waals surface area (Å²) in [6.07, 6.45) is 2.28. The number of benzene rings is 1. The van der Waals surface area contributed by atoms with Crippen LogP contribution in [0.1, 0.15) is 18.4 Å². The van der Waals surface area contributed by atoms with E-state index < -0.39 is 5.82 Å². The zero-order chi connectivity index (χ0) is 11.3. The topological polar surface area (TPSA) is 64.7 Å². The Balaban J connectivity index is 2.02. The highest BCUT2D eigenvalue weighted by Gasteiger charge is 2.39. The first-order valence-corrected chi connectivity index (χ1v) is 5.18. The number of hydrogen-bond acceptors (Lipinski definition) is 4. The standard InChI is InChI=1S/C11H12FNO3/c12-8-9(14)6(4-11(13)1-2-11)3-7-10(8)16-5-15-7/h3,14H,1-2,4-5,13H2. The summed E-state index contributed by atoms with van der Waals surface area (Å²) in [6.45, 7) is -0.0110. The van der Waals surface area contributed by atoms with Crippen molar-refractivity contribution in [1.29, 1.82) is 0 Å². The van der Waals surface area contributed by atoms with Gasteiger partial charge in [0.2, 0.25) is 18.4 Å². The molecule has 1 saturated carbocycles. The zero-order valence-corrected chi connectivity index (χ0v) is 8.62. The zero-order valence-electron chi connectivity index (χ0n) is 8.62. The lowest BCUT2D eigenvalue weighted by atomic mass is 10.0. The Bertz CT molecular complexity index is 457. The summed E-state index contributed by atoms with van der Waals surface area (Å²) in [5.74, 6) is -0.798. The maximum absolute atomic E-state index is 13.7. The van der Waals surface area contributed by atoms with Crippen molar-refractivity contribution >= 4 is 0 Å². The fourth-order valence-electron chi connectivity index (χ4n) is 1.89. The van der Waals surface area contributed by atoms with E-state index >= 15 is 0 Å².